The van der Waals surface area contributed by atoms with Crippen LogP contribution in [0.2, 0.25) is 0 Å². The molecule has 0 heterocycles. The predicted octanol–water partition coefficient (Wildman–Crippen LogP) is 4.92. The normalized spacial score (nSPS) is 29.0. The molecule has 3 rings (SSSR count). The van der Waals surface area contributed by atoms with Crippen molar-refractivity contribution in [3.8, 4) is 0 Å². The van der Waals surface area contributed by atoms with Crippen LogP contribution in [0, 0.1) is 37.4 Å². The molecule has 116 valence electrons. The van der Waals surface area contributed by atoms with E-state index in [0.29, 0.717) is 6.04 Å². The average Bonchev–Trinajstić information content (AvgIpc) is 3.15. The van der Waals surface area contributed by atoms with E-state index in [1.807, 2.05) is 0 Å². The first-order valence-electron chi connectivity index (χ1n) is 8.63. The summed E-state index contributed by atoms with van der Waals surface area (Å²) in [6.07, 6.45) is 6.76. The lowest BCUT2D eigenvalue weighted by molar-refractivity contribution is 0.441. The van der Waals surface area contributed by atoms with Gasteiger partial charge in [-0.25, -0.2) is 4.39 Å². The van der Waals surface area contributed by atoms with Gasteiger partial charge >= 0.3 is 0 Å². The number of fused-ring (bicyclic) bond motifs is 1. The third-order valence-corrected chi connectivity index (χ3v) is 5.59. The standard InChI is InChI=1S/C19H28FN/c1-4-9-21-19(18-15-7-5-6-8-16(15)18)17-12(2)10-14(20)11-13(17)3/h10-11,15-16,18-19,21H,4-9H2,1-3H3. The van der Waals surface area contributed by atoms with Crippen molar-refractivity contribution < 1.29 is 4.39 Å². The molecule has 0 saturated heterocycles. The average molecular weight is 289 g/mol. The molecule has 2 fully saturated rings. The second-order valence-electron chi connectivity index (χ2n) is 7.07. The van der Waals surface area contributed by atoms with Crippen molar-refractivity contribution in [3.63, 3.8) is 0 Å². The summed E-state index contributed by atoms with van der Waals surface area (Å²) in [4.78, 5) is 0. The lowest BCUT2D eigenvalue weighted by atomic mass is 9.91. The molecule has 1 aromatic rings. The summed E-state index contributed by atoms with van der Waals surface area (Å²) in [5, 5.41) is 3.78. The first-order chi connectivity index (χ1) is 10.1. The van der Waals surface area contributed by atoms with Crippen molar-refractivity contribution in [2.75, 3.05) is 6.54 Å². The molecule has 0 spiro atoms. The third-order valence-electron chi connectivity index (χ3n) is 5.59. The van der Waals surface area contributed by atoms with Crippen LogP contribution in [0.1, 0.15) is 61.8 Å². The Bertz CT molecular complexity index is 475. The largest absolute Gasteiger partial charge is 0.310 e. The highest BCUT2D eigenvalue weighted by Gasteiger charge is 2.54. The van der Waals surface area contributed by atoms with Gasteiger partial charge in [-0.2, -0.15) is 0 Å². The zero-order chi connectivity index (χ0) is 15.0. The summed E-state index contributed by atoms with van der Waals surface area (Å²) in [7, 11) is 0. The molecule has 0 amide bonds. The minimum Gasteiger partial charge on any atom is -0.310 e. The van der Waals surface area contributed by atoms with Crippen LogP contribution in [0.5, 0.6) is 0 Å². The van der Waals surface area contributed by atoms with Gasteiger partial charge in [-0.15, -0.1) is 0 Å². The number of rotatable bonds is 5. The van der Waals surface area contributed by atoms with E-state index in [2.05, 4.69) is 26.1 Å². The molecule has 0 aromatic heterocycles. The van der Waals surface area contributed by atoms with Crippen LogP contribution in [0.4, 0.5) is 4.39 Å². The van der Waals surface area contributed by atoms with Gasteiger partial charge in [0.25, 0.3) is 0 Å². The Morgan fingerprint density at radius 1 is 1.14 bits per heavy atom. The maximum Gasteiger partial charge on any atom is 0.123 e. The van der Waals surface area contributed by atoms with Crippen molar-refractivity contribution in [2.45, 2.75) is 58.9 Å². The summed E-state index contributed by atoms with van der Waals surface area (Å²) < 4.78 is 13.6. The molecule has 1 nitrogen and oxygen atoms in total. The van der Waals surface area contributed by atoms with Crippen LogP contribution in [0.25, 0.3) is 0 Å². The van der Waals surface area contributed by atoms with Crippen LogP contribution in [-0.4, -0.2) is 6.54 Å². The Hall–Kier alpha value is -0.890. The van der Waals surface area contributed by atoms with Crippen LogP contribution >= 0.6 is 0 Å². The Morgan fingerprint density at radius 2 is 1.71 bits per heavy atom. The molecular weight excluding hydrogens is 261 g/mol. The molecule has 0 bridgehead atoms. The maximum atomic E-state index is 13.6. The van der Waals surface area contributed by atoms with Crippen LogP contribution in [-0.2, 0) is 0 Å². The van der Waals surface area contributed by atoms with Gasteiger partial charge in [0.05, 0.1) is 0 Å². The Labute approximate surface area is 128 Å². The minimum absolute atomic E-state index is 0.101. The monoisotopic (exact) mass is 289 g/mol. The summed E-state index contributed by atoms with van der Waals surface area (Å²) in [5.41, 5.74) is 3.60. The number of hydrogen-bond acceptors (Lipinski definition) is 1. The Morgan fingerprint density at radius 3 is 2.24 bits per heavy atom. The van der Waals surface area contributed by atoms with E-state index in [1.165, 1.54) is 31.2 Å². The predicted molar refractivity (Wildman–Crippen MR) is 85.8 cm³/mol. The first-order valence-corrected chi connectivity index (χ1v) is 8.63. The van der Waals surface area contributed by atoms with Crippen LogP contribution in [0.3, 0.4) is 0 Å². The number of benzene rings is 1. The molecule has 1 aromatic carbocycles. The van der Waals surface area contributed by atoms with Gasteiger partial charge in [-0.1, -0.05) is 19.8 Å². The maximum absolute atomic E-state index is 13.6. The van der Waals surface area contributed by atoms with Gasteiger partial charge in [0.1, 0.15) is 5.82 Å². The molecule has 2 aliphatic rings. The van der Waals surface area contributed by atoms with E-state index in [0.717, 1.165) is 41.8 Å². The number of aryl methyl sites for hydroxylation is 2. The Balaban J connectivity index is 1.89. The molecular formula is C19H28FN. The van der Waals surface area contributed by atoms with Gasteiger partial charge in [0.15, 0.2) is 0 Å². The lowest BCUT2D eigenvalue weighted by Gasteiger charge is -2.24. The van der Waals surface area contributed by atoms with Crippen molar-refractivity contribution in [3.05, 3.63) is 34.6 Å². The van der Waals surface area contributed by atoms with E-state index in [4.69, 9.17) is 0 Å². The quantitative estimate of drug-likeness (QED) is 0.811. The van der Waals surface area contributed by atoms with Crippen LogP contribution < -0.4 is 5.32 Å². The molecule has 0 aliphatic heterocycles. The fraction of sp³-hybridized carbons (Fsp3) is 0.684. The molecule has 2 aliphatic carbocycles. The topological polar surface area (TPSA) is 12.0 Å². The molecule has 21 heavy (non-hydrogen) atoms. The van der Waals surface area contributed by atoms with Gasteiger partial charge in [-0.3, -0.25) is 0 Å². The second kappa shape index (κ2) is 6.08. The van der Waals surface area contributed by atoms with E-state index in [1.54, 1.807) is 12.1 Å². The van der Waals surface area contributed by atoms with Gasteiger partial charge in [0, 0.05) is 6.04 Å². The SMILES string of the molecule is CCCNC(c1c(C)cc(F)cc1C)C1C2CCCCC21. The number of halogens is 1. The van der Waals surface area contributed by atoms with Gasteiger partial charge < -0.3 is 5.32 Å². The molecule has 2 saturated carbocycles. The highest BCUT2D eigenvalue weighted by molar-refractivity contribution is 5.38. The molecule has 2 heteroatoms. The molecule has 3 unspecified atom stereocenters. The molecule has 1 N–H and O–H groups in total. The summed E-state index contributed by atoms with van der Waals surface area (Å²) >= 11 is 0. The molecule has 0 radical (unpaired) electrons. The summed E-state index contributed by atoms with van der Waals surface area (Å²) in [6.45, 7) is 7.40. The fourth-order valence-corrected chi connectivity index (χ4v) is 4.68. The minimum atomic E-state index is -0.101. The van der Waals surface area contributed by atoms with Crippen LogP contribution in [0.15, 0.2) is 12.1 Å². The smallest absolute Gasteiger partial charge is 0.123 e. The Kier molecular flexibility index (Phi) is 4.35. The van der Waals surface area contributed by atoms with Crippen molar-refractivity contribution in [1.29, 1.82) is 0 Å². The zero-order valence-electron chi connectivity index (χ0n) is 13.6. The fourth-order valence-electron chi connectivity index (χ4n) is 4.68. The number of hydrogen-bond donors (Lipinski definition) is 1. The number of nitrogens with one attached hydrogen (secondary N) is 1. The van der Waals surface area contributed by atoms with Gasteiger partial charge in [-0.05, 0) is 86.2 Å². The van der Waals surface area contributed by atoms with Crippen molar-refractivity contribution in [2.24, 2.45) is 17.8 Å². The molecule has 3 atom stereocenters. The van der Waals surface area contributed by atoms with Gasteiger partial charge in [0.2, 0.25) is 0 Å². The highest BCUT2D eigenvalue weighted by atomic mass is 19.1. The second-order valence-corrected chi connectivity index (χ2v) is 7.07. The van der Waals surface area contributed by atoms with Crippen molar-refractivity contribution >= 4 is 0 Å². The summed E-state index contributed by atoms with van der Waals surface area (Å²) in [5.74, 6) is 2.51. The van der Waals surface area contributed by atoms with E-state index >= 15 is 0 Å². The van der Waals surface area contributed by atoms with E-state index in [9.17, 15) is 4.39 Å². The van der Waals surface area contributed by atoms with E-state index in [-0.39, 0.29) is 5.82 Å². The van der Waals surface area contributed by atoms with Crippen molar-refractivity contribution in [1.82, 2.24) is 5.32 Å². The third kappa shape index (κ3) is 2.88. The lowest BCUT2D eigenvalue weighted by Crippen LogP contribution is -2.26. The van der Waals surface area contributed by atoms with E-state index < -0.39 is 0 Å². The first kappa shape index (κ1) is 15.0. The zero-order valence-corrected chi connectivity index (χ0v) is 13.6. The summed E-state index contributed by atoms with van der Waals surface area (Å²) in [6, 6.07) is 3.84. The highest BCUT2D eigenvalue weighted by Crippen LogP contribution is 2.60.